The summed E-state index contributed by atoms with van der Waals surface area (Å²) in [4.78, 5) is 25.5. The first-order valence-corrected chi connectivity index (χ1v) is 7.18. The van der Waals surface area contributed by atoms with Crippen LogP contribution in [-0.4, -0.2) is 49.7 Å². The van der Waals surface area contributed by atoms with Crippen LogP contribution in [0.25, 0.3) is 0 Å². The molecule has 2 saturated heterocycles. The molecule has 2 atom stereocenters. The molecule has 2 aliphatic rings. The van der Waals surface area contributed by atoms with Crippen LogP contribution in [-0.2, 0) is 19.1 Å². The van der Waals surface area contributed by atoms with Gasteiger partial charge in [0, 0.05) is 26.1 Å². The van der Waals surface area contributed by atoms with Crippen LogP contribution in [0, 0.1) is 5.92 Å². The van der Waals surface area contributed by atoms with E-state index in [2.05, 4.69) is 0 Å². The minimum atomic E-state index is -0.198. The molecule has 0 spiro atoms. The fourth-order valence-corrected chi connectivity index (χ4v) is 2.88. The summed E-state index contributed by atoms with van der Waals surface area (Å²) in [6.45, 7) is 2.10. The lowest BCUT2D eigenvalue weighted by Crippen LogP contribution is -2.42. The number of amides is 1. The molecule has 108 valence electrons. The van der Waals surface area contributed by atoms with Gasteiger partial charge in [-0.3, -0.25) is 9.59 Å². The lowest BCUT2D eigenvalue weighted by molar-refractivity contribution is -0.149. The second kappa shape index (κ2) is 6.89. The Morgan fingerprint density at radius 3 is 2.84 bits per heavy atom. The van der Waals surface area contributed by atoms with E-state index < -0.39 is 0 Å². The minimum absolute atomic E-state index is 0.143. The van der Waals surface area contributed by atoms with Gasteiger partial charge in [0.2, 0.25) is 5.91 Å². The molecule has 2 rings (SSSR count). The van der Waals surface area contributed by atoms with Gasteiger partial charge in [-0.2, -0.15) is 0 Å². The zero-order chi connectivity index (χ0) is 13.7. The van der Waals surface area contributed by atoms with Crippen LogP contribution in [0.1, 0.15) is 38.5 Å². The molecule has 0 aliphatic carbocycles. The van der Waals surface area contributed by atoms with Crippen LogP contribution in [0.4, 0.5) is 0 Å². The maximum atomic E-state index is 12.1. The summed E-state index contributed by atoms with van der Waals surface area (Å²) in [6.07, 6.45) is 5.46. The van der Waals surface area contributed by atoms with E-state index in [1.807, 2.05) is 0 Å². The van der Waals surface area contributed by atoms with Crippen molar-refractivity contribution in [2.45, 2.75) is 44.6 Å². The number of hydrogen-bond donors (Lipinski definition) is 0. The summed E-state index contributed by atoms with van der Waals surface area (Å²) in [5.41, 5.74) is 0. The Morgan fingerprint density at radius 2 is 2.16 bits per heavy atom. The van der Waals surface area contributed by atoms with Crippen molar-refractivity contribution in [2.24, 2.45) is 5.92 Å². The molecule has 0 radical (unpaired) electrons. The van der Waals surface area contributed by atoms with Crippen LogP contribution < -0.4 is 0 Å². The zero-order valence-electron chi connectivity index (χ0n) is 11.6. The second-order valence-electron chi connectivity index (χ2n) is 5.38. The van der Waals surface area contributed by atoms with Gasteiger partial charge in [0.25, 0.3) is 0 Å². The number of likely N-dealkylation sites (tertiary alicyclic amines) is 1. The molecule has 0 aromatic heterocycles. The summed E-state index contributed by atoms with van der Waals surface area (Å²) in [5, 5.41) is 0. The first-order valence-electron chi connectivity index (χ1n) is 7.18. The van der Waals surface area contributed by atoms with Crippen LogP contribution in [0.2, 0.25) is 0 Å². The summed E-state index contributed by atoms with van der Waals surface area (Å²) >= 11 is 0. The molecular formula is C14H23NO4. The third-order valence-electron chi connectivity index (χ3n) is 4.01. The largest absolute Gasteiger partial charge is 0.469 e. The lowest BCUT2D eigenvalue weighted by Gasteiger charge is -2.31. The second-order valence-corrected chi connectivity index (χ2v) is 5.38. The van der Waals surface area contributed by atoms with E-state index in [9.17, 15) is 9.59 Å². The number of esters is 1. The molecular weight excluding hydrogens is 246 g/mol. The summed E-state index contributed by atoms with van der Waals surface area (Å²) in [6, 6.07) is 0. The highest BCUT2D eigenvalue weighted by atomic mass is 16.5. The maximum Gasteiger partial charge on any atom is 0.310 e. The van der Waals surface area contributed by atoms with Gasteiger partial charge < -0.3 is 14.4 Å². The van der Waals surface area contributed by atoms with Gasteiger partial charge in [0.15, 0.2) is 0 Å². The fraction of sp³-hybridized carbons (Fsp3) is 0.857. The predicted octanol–water partition coefficient (Wildman–Crippen LogP) is 1.36. The number of nitrogens with zero attached hydrogens (tertiary/aromatic N) is 1. The molecule has 2 unspecified atom stereocenters. The van der Waals surface area contributed by atoms with Gasteiger partial charge in [0.1, 0.15) is 0 Å². The van der Waals surface area contributed by atoms with Gasteiger partial charge in [0.05, 0.1) is 19.1 Å². The maximum absolute atomic E-state index is 12.1. The standard InChI is InChI=1S/C14H23NO4/c1-18-14(17)11-4-2-8-15(10-11)13(16)7-6-12-5-3-9-19-12/h11-12H,2-10H2,1H3. The molecule has 0 aromatic rings. The van der Waals surface area contributed by atoms with E-state index in [1.165, 1.54) is 7.11 Å². The van der Waals surface area contributed by atoms with Gasteiger partial charge in [-0.15, -0.1) is 0 Å². The fourth-order valence-electron chi connectivity index (χ4n) is 2.88. The Morgan fingerprint density at radius 1 is 1.32 bits per heavy atom. The molecule has 5 heteroatoms. The van der Waals surface area contributed by atoms with Crippen molar-refractivity contribution in [3.8, 4) is 0 Å². The minimum Gasteiger partial charge on any atom is -0.469 e. The smallest absolute Gasteiger partial charge is 0.310 e. The van der Waals surface area contributed by atoms with Crippen LogP contribution >= 0.6 is 0 Å². The van der Waals surface area contributed by atoms with E-state index in [4.69, 9.17) is 9.47 Å². The lowest BCUT2D eigenvalue weighted by atomic mass is 9.97. The highest BCUT2D eigenvalue weighted by Gasteiger charge is 2.29. The highest BCUT2D eigenvalue weighted by molar-refractivity contribution is 5.78. The number of carbonyl (C=O) groups excluding carboxylic acids is 2. The van der Waals surface area contributed by atoms with Crippen molar-refractivity contribution in [3.63, 3.8) is 0 Å². The predicted molar refractivity (Wildman–Crippen MR) is 69.5 cm³/mol. The normalized spacial score (nSPS) is 27.3. The Labute approximate surface area is 114 Å². The number of rotatable bonds is 4. The number of methoxy groups -OCH3 is 1. The molecule has 1 amide bonds. The van der Waals surface area contributed by atoms with E-state index >= 15 is 0 Å². The van der Waals surface area contributed by atoms with Crippen LogP contribution in [0.15, 0.2) is 0 Å². The van der Waals surface area contributed by atoms with Gasteiger partial charge in [-0.25, -0.2) is 0 Å². The van der Waals surface area contributed by atoms with Crippen LogP contribution in [0.5, 0.6) is 0 Å². The Balaban J connectivity index is 1.76. The third-order valence-corrected chi connectivity index (χ3v) is 4.01. The molecule has 2 fully saturated rings. The van der Waals surface area contributed by atoms with Crippen molar-refractivity contribution in [1.29, 1.82) is 0 Å². The van der Waals surface area contributed by atoms with Crippen molar-refractivity contribution in [1.82, 2.24) is 4.90 Å². The van der Waals surface area contributed by atoms with Crippen molar-refractivity contribution < 1.29 is 19.1 Å². The molecule has 0 bridgehead atoms. The molecule has 0 N–H and O–H groups in total. The molecule has 5 nitrogen and oxygen atoms in total. The van der Waals surface area contributed by atoms with E-state index in [0.717, 1.165) is 45.3 Å². The van der Waals surface area contributed by atoms with E-state index in [0.29, 0.717) is 13.0 Å². The highest BCUT2D eigenvalue weighted by Crippen LogP contribution is 2.21. The van der Waals surface area contributed by atoms with E-state index in [1.54, 1.807) is 4.90 Å². The van der Waals surface area contributed by atoms with Gasteiger partial charge >= 0.3 is 5.97 Å². The number of carbonyl (C=O) groups is 2. The van der Waals surface area contributed by atoms with Crippen molar-refractivity contribution in [2.75, 3.05) is 26.8 Å². The first kappa shape index (κ1) is 14.3. The summed E-state index contributed by atoms with van der Waals surface area (Å²) < 4.78 is 10.3. The monoisotopic (exact) mass is 269 g/mol. The Kier molecular flexibility index (Phi) is 5.19. The number of piperidine rings is 1. The van der Waals surface area contributed by atoms with E-state index in [-0.39, 0.29) is 23.9 Å². The number of ether oxygens (including phenoxy) is 2. The Hall–Kier alpha value is -1.10. The number of hydrogen-bond acceptors (Lipinski definition) is 4. The van der Waals surface area contributed by atoms with Gasteiger partial charge in [-0.05, 0) is 32.1 Å². The van der Waals surface area contributed by atoms with Crippen molar-refractivity contribution >= 4 is 11.9 Å². The summed E-state index contributed by atoms with van der Waals surface area (Å²) in [7, 11) is 1.40. The third kappa shape index (κ3) is 3.93. The quantitative estimate of drug-likeness (QED) is 0.723. The molecule has 0 aromatic carbocycles. The zero-order valence-corrected chi connectivity index (χ0v) is 11.6. The van der Waals surface area contributed by atoms with Crippen LogP contribution in [0.3, 0.4) is 0 Å². The van der Waals surface area contributed by atoms with Crippen molar-refractivity contribution in [3.05, 3.63) is 0 Å². The average molecular weight is 269 g/mol. The van der Waals surface area contributed by atoms with Gasteiger partial charge in [-0.1, -0.05) is 0 Å². The Bertz CT molecular complexity index is 325. The molecule has 2 aliphatic heterocycles. The average Bonchev–Trinajstić information content (AvgIpc) is 2.97. The molecule has 19 heavy (non-hydrogen) atoms. The topological polar surface area (TPSA) is 55.8 Å². The molecule has 2 heterocycles. The summed E-state index contributed by atoms with van der Waals surface area (Å²) in [5.74, 6) is -0.203. The molecule has 0 saturated carbocycles. The first-order chi connectivity index (χ1) is 9.20. The SMILES string of the molecule is COC(=O)C1CCCN(C(=O)CCC2CCCO2)C1.